The lowest BCUT2D eigenvalue weighted by molar-refractivity contribution is -0.132. The van der Waals surface area contributed by atoms with Crippen LogP contribution in [0.4, 0.5) is 9.59 Å². The third-order valence-electron chi connectivity index (χ3n) is 12.3. The standard InChI is InChI=1S/C55H82Cl2N8O8.2ClH/c1-2-3-4-5-6-7-8-9-10-23-36-61-51(67)49(38-41-25-12-11-13-26-41)63-52(68)47(62-53(69)48(32-19-22-35-59)65-55(71)73-40-43-28-15-17-30-45(43)57)33-20-24-37-60-50(66)46(31-18-21-34-58)64-54(70)72-39-42-27-14-16-29-44(42)56;;/h11-17,25-30,46-49H,2-10,18-24,31-40,58-59H2,1H3,(H,60,66)(H,61,67)(H,62,69)(H,63,68)(H,64,70)(H,65,71);2*1H/t46-,47-,48-,49-;;/m0../s1. The summed E-state index contributed by atoms with van der Waals surface area (Å²) in [6, 6.07) is 19.1. The van der Waals surface area contributed by atoms with Crippen LogP contribution in [0.3, 0.4) is 0 Å². The number of carbonyl (C=O) groups is 6. The van der Waals surface area contributed by atoms with Crippen molar-refractivity contribution in [1.82, 2.24) is 31.9 Å². The van der Waals surface area contributed by atoms with Crippen LogP contribution in [0.5, 0.6) is 0 Å². The van der Waals surface area contributed by atoms with Gasteiger partial charge in [-0.3, -0.25) is 19.2 Å². The van der Waals surface area contributed by atoms with Crippen molar-refractivity contribution in [1.29, 1.82) is 0 Å². The van der Waals surface area contributed by atoms with E-state index in [0.717, 1.165) is 31.2 Å². The average Bonchev–Trinajstić information content (AvgIpc) is 3.38. The van der Waals surface area contributed by atoms with Gasteiger partial charge in [-0.1, -0.05) is 155 Å². The highest BCUT2D eigenvalue weighted by Gasteiger charge is 2.30. The van der Waals surface area contributed by atoms with E-state index in [9.17, 15) is 28.8 Å². The van der Waals surface area contributed by atoms with Crippen LogP contribution in [0.2, 0.25) is 10.0 Å². The quantitative estimate of drug-likeness (QED) is 0.0253. The molecule has 0 unspecified atom stereocenters. The van der Waals surface area contributed by atoms with Crippen LogP contribution >= 0.6 is 48.0 Å². The smallest absolute Gasteiger partial charge is 0.408 e. The van der Waals surface area contributed by atoms with E-state index >= 15 is 0 Å². The van der Waals surface area contributed by atoms with Gasteiger partial charge in [0.05, 0.1) is 0 Å². The fourth-order valence-corrected chi connectivity index (χ4v) is 8.42. The van der Waals surface area contributed by atoms with Gasteiger partial charge in [0.25, 0.3) is 0 Å². The van der Waals surface area contributed by atoms with E-state index in [1.165, 1.54) is 38.5 Å². The summed E-state index contributed by atoms with van der Waals surface area (Å²) in [6.45, 7) is 3.44. The second-order valence-electron chi connectivity index (χ2n) is 18.4. The van der Waals surface area contributed by atoms with Gasteiger partial charge in [-0.15, -0.1) is 24.8 Å². The Balaban J connectivity index is 0.0000141. The molecular formula is C55H84Cl4N8O8. The molecule has 75 heavy (non-hydrogen) atoms. The molecule has 4 atom stereocenters. The number of benzene rings is 3. The second-order valence-corrected chi connectivity index (χ2v) is 19.2. The molecule has 16 nitrogen and oxygen atoms in total. The van der Waals surface area contributed by atoms with Gasteiger partial charge in [-0.05, 0) is 95.0 Å². The van der Waals surface area contributed by atoms with Crippen molar-refractivity contribution in [3.63, 3.8) is 0 Å². The molecule has 3 aromatic rings. The van der Waals surface area contributed by atoms with Gasteiger partial charge in [0.2, 0.25) is 23.6 Å². The molecule has 6 amide bonds. The van der Waals surface area contributed by atoms with Crippen molar-refractivity contribution in [2.24, 2.45) is 11.5 Å². The maximum absolute atomic E-state index is 14.4. The first-order chi connectivity index (χ1) is 35.4. The molecule has 0 fully saturated rings. The summed E-state index contributed by atoms with van der Waals surface area (Å²) in [5, 5.41) is 17.9. The van der Waals surface area contributed by atoms with Crippen LogP contribution < -0.4 is 43.4 Å². The van der Waals surface area contributed by atoms with E-state index in [2.05, 4.69) is 38.8 Å². The van der Waals surface area contributed by atoms with E-state index in [0.29, 0.717) is 85.8 Å². The summed E-state index contributed by atoms with van der Waals surface area (Å²) in [6.07, 6.45) is 13.8. The molecule has 3 rings (SSSR count). The Morgan fingerprint density at radius 1 is 0.453 bits per heavy atom. The number of rotatable bonds is 38. The molecule has 0 spiro atoms. The highest BCUT2D eigenvalue weighted by molar-refractivity contribution is 6.31. The lowest BCUT2D eigenvalue weighted by atomic mass is 10.0. The Morgan fingerprint density at radius 2 is 0.827 bits per heavy atom. The fraction of sp³-hybridized carbons (Fsp3) is 0.564. The molecule has 20 heteroatoms. The van der Waals surface area contributed by atoms with Crippen molar-refractivity contribution in [2.75, 3.05) is 26.2 Å². The fourth-order valence-electron chi connectivity index (χ4n) is 8.04. The van der Waals surface area contributed by atoms with Gasteiger partial charge >= 0.3 is 12.2 Å². The Morgan fingerprint density at radius 3 is 1.29 bits per heavy atom. The van der Waals surface area contributed by atoms with Crippen LogP contribution in [-0.4, -0.2) is 86.2 Å². The maximum atomic E-state index is 14.4. The monoisotopic (exact) mass is 1120 g/mol. The normalized spacial score (nSPS) is 12.3. The number of hydrogen-bond donors (Lipinski definition) is 8. The van der Waals surface area contributed by atoms with E-state index in [4.69, 9.17) is 44.1 Å². The van der Waals surface area contributed by atoms with Crippen LogP contribution in [0, 0.1) is 0 Å². The summed E-state index contributed by atoms with van der Waals surface area (Å²) in [7, 11) is 0. The van der Waals surface area contributed by atoms with Crippen LogP contribution in [0.25, 0.3) is 0 Å². The van der Waals surface area contributed by atoms with Crippen LogP contribution in [-0.2, 0) is 48.3 Å². The van der Waals surface area contributed by atoms with Crippen molar-refractivity contribution in [2.45, 2.75) is 173 Å². The molecule has 10 N–H and O–H groups in total. The third kappa shape index (κ3) is 29.9. The Labute approximate surface area is 467 Å². The zero-order valence-corrected chi connectivity index (χ0v) is 46.8. The topological polar surface area (TPSA) is 245 Å². The van der Waals surface area contributed by atoms with Crippen molar-refractivity contribution < 1.29 is 38.2 Å². The van der Waals surface area contributed by atoms with Gasteiger partial charge in [0.1, 0.15) is 37.4 Å². The number of carbonyl (C=O) groups excluding carboxylic acids is 6. The number of nitrogens with two attached hydrogens (primary N) is 2. The van der Waals surface area contributed by atoms with Crippen molar-refractivity contribution >= 4 is 83.8 Å². The predicted octanol–water partition coefficient (Wildman–Crippen LogP) is 9.52. The minimum atomic E-state index is -1.15. The van der Waals surface area contributed by atoms with Crippen LogP contribution in [0.1, 0.15) is 146 Å². The molecular weight excluding hydrogens is 1040 g/mol. The third-order valence-corrected chi connectivity index (χ3v) is 13.1. The number of unbranched alkanes of at least 4 members (excludes halogenated alkanes) is 12. The molecule has 0 saturated carbocycles. The highest BCUT2D eigenvalue weighted by atomic mass is 35.5. The molecule has 0 aliphatic carbocycles. The summed E-state index contributed by atoms with van der Waals surface area (Å²) in [4.78, 5) is 81.8. The lowest BCUT2D eigenvalue weighted by Gasteiger charge is -2.26. The van der Waals surface area contributed by atoms with Gasteiger partial charge in [0.15, 0.2) is 0 Å². The Bertz CT molecular complexity index is 2080. The first-order valence-corrected chi connectivity index (χ1v) is 27.1. The SMILES string of the molecule is CCCCCCCCCCCCNC(=O)[C@H](Cc1ccccc1)NC(=O)[C@H](CCCCNC(=O)[C@H](CCCCN)NC(=O)OCc1ccccc1Cl)NC(=O)[C@H](CCCCN)NC(=O)OCc1ccccc1Cl.Cl.Cl. The maximum Gasteiger partial charge on any atom is 0.408 e. The first-order valence-electron chi connectivity index (χ1n) is 26.4. The number of hydrogen-bond acceptors (Lipinski definition) is 10. The number of nitrogens with one attached hydrogen (secondary N) is 6. The largest absolute Gasteiger partial charge is 0.445 e. The van der Waals surface area contributed by atoms with E-state index in [1.54, 1.807) is 48.5 Å². The second kappa shape index (κ2) is 42.3. The molecule has 0 bridgehead atoms. The van der Waals surface area contributed by atoms with Crippen molar-refractivity contribution in [3.05, 3.63) is 106 Å². The highest BCUT2D eigenvalue weighted by Crippen LogP contribution is 2.18. The van der Waals surface area contributed by atoms with Gasteiger partial charge in [0, 0.05) is 40.7 Å². The molecule has 0 radical (unpaired) electrons. The number of amides is 6. The van der Waals surface area contributed by atoms with E-state index in [-0.39, 0.29) is 69.7 Å². The molecule has 420 valence electrons. The summed E-state index contributed by atoms with van der Waals surface area (Å²) >= 11 is 12.5. The van der Waals surface area contributed by atoms with E-state index < -0.39 is 54.1 Å². The Kier molecular flexibility index (Phi) is 38.4. The average molecular weight is 1130 g/mol. The van der Waals surface area contributed by atoms with E-state index in [1.807, 2.05) is 30.3 Å². The molecule has 0 aromatic heterocycles. The van der Waals surface area contributed by atoms with Gasteiger partial charge in [-0.25, -0.2) is 9.59 Å². The predicted molar refractivity (Wildman–Crippen MR) is 303 cm³/mol. The summed E-state index contributed by atoms with van der Waals surface area (Å²) in [5.74, 6) is -1.98. The first kappa shape index (κ1) is 68.2. The van der Waals surface area contributed by atoms with Gasteiger partial charge in [-0.2, -0.15) is 0 Å². The van der Waals surface area contributed by atoms with Crippen LogP contribution in [0.15, 0.2) is 78.9 Å². The molecule has 0 aliphatic rings. The summed E-state index contributed by atoms with van der Waals surface area (Å²) in [5.41, 5.74) is 13.5. The number of halogens is 4. The number of ether oxygens (including phenoxy) is 2. The molecule has 0 heterocycles. The number of alkyl carbamates (subject to hydrolysis) is 2. The zero-order chi connectivity index (χ0) is 52.9. The minimum Gasteiger partial charge on any atom is -0.445 e. The zero-order valence-electron chi connectivity index (χ0n) is 43.7. The lowest BCUT2D eigenvalue weighted by Crippen LogP contribution is -2.57. The molecule has 0 aliphatic heterocycles. The Hall–Kier alpha value is -4.84. The molecule has 3 aromatic carbocycles. The molecule has 0 saturated heterocycles. The summed E-state index contributed by atoms with van der Waals surface area (Å²) < 4.78 is 10.8. The van der Waals surface area contributed by atoms with Gasteiger partial charge < -0.3 is 52.8 Å². The minimum absolute atomic E-state index is 0. The van der Waals surface area contributed by atoms with Crippen molar-refractivity contribution in [3.8, 4) is 0 Å².